The lowest BCUT2D eigenvalue weighted by Gasteiger charge is -2.35. The summed E-state index contributed by atoms with van der Waals surface area (Å²) in [6.07, 6.45) is 0. The van der Waals surface area contributed by atoms with Crippen molar-refractivity contribution in [2.24, 2.45) is 0 Å². The van der Waals surface area contributed by atoms with Crippen LogP contribution in [0.2, 0.25) is 0 Å². The van der Waals surface area contributed by atoms with Gasteiger partial charge in [0.05, 0.1) is 0 Å². The number of hydrogen-bond acceptors (Lipinski definition) is 2. The number of piperazine rings is 1. The van der Waals surface area contributed by atoms with Crippen LogP contribution in [0.25, 0.3) is 0 Å². The molecule has 0 aliphatic carbocycles. The molecule has 0 amide bonds. The molecule has 100 valence electrons. The molecule has 1 aliphatic rings. The largest absolute Gasteiger partial charge is 0.301 e. The number of nitrogens with zero attached hydrogens (tertiary/aromatic N) is 2. The molecular formula is C15H23FN2. The normalized spacial score (nSPS) is 19.9. The van der Waals surface area contributed by atoms with Crippen molar-refractivity contribution in [3.63, 3.8) is 0 Å². The zero-order valence-electron chi connectivity index (χ0n) is 11.4. The van der Waals surface area contributed by atoms with Gasteiger partial charge >= 0.3 is 0 Å². The molecule has 0 spiro atoms. The van der Waals surface area contributed by atoms with E-state index in [1.165, 1.54) is 18.7 Å². The van der Waals surface area contributed by atoms with E-state index in [1.807, 2.05) is 12.1 Å². The lowest BCUT2D eigenvalue weighted by molar-refractivity contribution is 0.133. The van der Waals surface area contributed by atoms with Crippen LogP contribution in [0.5, 0.6) is 0 Å². The maximum atomic E-state index is 12.9. The van der Waals surface area contributed by atoms with Crippen LogP contribution in [-0.4, -0.2) is 49.1 Å². The van der Waals surface area contributed by atoms with Crippen molar-refractivity contribution in [3.05, 3.63) is 35.6 Å². The van der Waals surface area contributed by atoms with E-state index in [0.717, 1.165) is 26.2 Å². The zero-order valence-corrected chi connectivity index (χ0v) is 11.4. The van der Waals surface area contributed by atoms with Gasteiger partial charge in [-0.3, -0.25) is 0 Å². The predicted molar refractivity (Wildman–Crippen MR) is 73.4 cm³/mol. The van der Waals surface area contributed by atoms with Crippen LogP contribution in [-0.2, 0) is 0 Å². The summed E-state index contributed by atoms with van der Waals surface area (Å²) >= 11 is 0. The van der Waals surface area contributed by atoms with Gasteiger partial charge < -0.3 is 9.80 Å². The molecule has 0 aromatic heterocycles. The fourth-order valence-corrected chi connectivity index (χ4v) is 2.57. The molecule has 1 aromatic rings. The Morgan fingerprint density at radius 3 is 2.17 bits per heavy atom. The minimum atomic E-state index is -0.150. The average molecular weight is 250 g/mol. The van der Waals surface area contributed by atoms with Crippen molar-refractivity contribution in [3.8, 4) is 0 Å². The van der Waals surface area contributed by atoms with E-state index in [-0.39, 0.29) is 5.82 Å². The first kappa shape index (κ1) is 13.5. The van der Waals surface area contributed by atoms with Gasteiger partial charge in [0.25, 0.3) is 0 Å². The van der Waals surface area contributed by atoms with E-state index < -0.39 is 0 Å². The maximum Gasteiger partial charge on any atom is 0.123 e. The van der Waals surface area contributed by atoms with Crippen molar-refractivity contribution < 1.29 is 4.39 Å². The number of rotatable bonds is 4. The number of hydrogen-bond donors (Lipinski definition) is 0. The third kappa shape index (κ3) is 3.53. The van der Waals surface area contributed by atoms with Crippen molar-refractivity contribution in [1.29, 1.82) is 0 Å². The summed E-state index contributed by atoms with van der Waals surface area (Å²) in [5, 5.41) is 0. The van der Waals surface area contributed by atoms with E-state index >= 15 is 0 Å². The van der Waals surface area contributed by atoms with Crippen LogP contribution >= 0.6 is 0 Å². The van der Waals surface area contributed by atoms with Gasteiger partial charge in [-0.25, -0.2) is 4.39 Å². The number of likely N-dealkylation sites (N-methyl/N-ethyl adjacent to an activating group) is 1. The van der Waals surface area contributed by atoms with E-state index in [0.29, 0.717) is 5.92 Å². The Balaban J connectivity index is 1.84. The number of benzene rings is 1. The van der Waals surface area contributed by atoms with Crippen LogP contribution in [0.3, 0.4) is 0 Å². The molecule has 1 saturated heterocycles. The predicted octanol–water partition coefficient (Wildman–Crippen LogP) is 2.57. The summed E-state index contributed by atoms with van der Waals surface area (Å²) in [6, 6.07) is 6.92. The summed E-state index contributed by atoms with van der Waals surface area (Å²) in [4.78, 5) is 5.00. The monoisotopic (exact) mass is 250 g/mol. The van der Waals surface area contributed by atoms with Gasteiger partial charge in [0.15, 0.2) is 0 Å². The Bertz CT molecular complexity index is 355. The smallest absolute Gasteiger partial charge is 0.123 e. The summed E-state index contributed by atoms with van der Waals surface area (Å²) in [6.45, 7) is 11.3. The zero-order chi connectivity index (χ0) is 13.0. The quantitative estimate of drug-likeness (QED) is 0.810. The van der Waals surface area contributed by atoms with Crippen LogP contribution in [0.4, 0.5) is 4.39 Å². The molecule has 1 aromatic carbocycles. The third-order valence-electron chi connectivity index (χ3n) is 3.88. The summed E-state index contributed by atoms with van der Waals surface area (Å²) in [7, 11) is 0. The second kappa shape index (κ2) is 6.30. The molecule has 1 aliphatic heterocycles. The first-order chi connectivity index (χ1) is 8.69. The highest BCUT2D eigenvalue weighted by Crippen LogP contribution is 2.17. The highest BCUT2D eigenvalue weighted by molar-refractivity contribution is 5.20. The molecule has 18 heavy (non-hydrogen) atoms. The summed E-state index contributed by atoms with van der Waals surface area (Å²) in [5.74, 6) is 0.321. The molecule has 0 saturated carbocycles. The molecular weight excluding hydrogens is 227 g/mol. The molecule has 1 atom stereocenters. The highest BCUT2D eigenvalue weighted by Gasteiger charge is 2.17. The van der Waals surface area contributed by atoms with Gasteiger partial charge in [0.1, 0.15) is 5.82 Å². The van der Waals surface area contributed by atoms with Crippen LogP contribution in [0.1, 0.15) is 25.3 Å². The molecule has 1 fully saturated rings. The second-order valence-corrected chi connectivity index (χ2v) is 5.19. The molecule has 1 heterocycles. The van der Waals surface area contributed by atoms with Crippen LogP contribution in [0, 0.1) is 5.82 Å². The standard InChI is InChI=1S/C15H23FN2/c1-3-17-8-10-18(11-9-17)12-13(2)14-4-6-15(16)7-5-14/h4-7,13H,3,8-12H2,1-2H3. The minimum Gasteiger partial charge on any atom is -0.301 e. The van der Waals surface area contributed by atoms with Gasteiger partial charge in [-0.15, -0.1) is 0 Å². The Morgan fingerprint density at radius 1 is 1.06 bits per heavy atom. The fraction of sp³-hybridized carbons (Fsp3) is 0.600. The van der Waals surface area contributed by atoms with Crippen molar-refractivity contribution in [2.45, 2.75) is 19.8 Å². The van der Waals surface area contributed by atoms with Crippen LogP contribution < -0.4 is 0 Å². The molecule has 1 unspecified atom stereocenters. The van der Waals surface area contributed by atoms with E-state index in [4.69, 9.17) is 0 Å². The van der Waals surface area contributed by atoms with E-state index in [9.17, 15) is 4.39 Å². The fourth-order valence-electron chi connectivity index (χ4n) is 2.57. The highest BCUT2D eigenvalue weighted by atomic mass is 19.1. The lowest BCUT2D eigenvalue weighted by atomic mass is 10.0. The first-order valence-electron chi connectivity index (χ1n) is 6.89. The van der Waals surface area contributed by atoms with E-state index in [2.05, 4.69) is 23.6 Å². The first-order valence-corrected chi connectivity index (χ1v) is 6.89. The third-order valence-corrected chi connectivity index (χ3v) is 3.88. The Hall–Kier alpha value is -0.930. The topological polar surface area (TPSA) is 6.48 Å². The van der Waals surface area contributed by atoms with Crippen LogP contribution in [0.15, 0.2) is 24.3 Å². The van der Waals surface area contributed by atoms with Gasteiger partial charge in [-0.2, -0.15) is 0 Å². The molecule has 2 rings (SSSR count). The SMILES string of the molecule is CCN1CCN(CC(C)c2ccc(F)cc2)CC1. The Kier molecular flexibility index (Phi) is 4.72. The van der Waals surface area contributed by atoms with E-state index in [1.54, 1.807) is 12.1 Å². The minimum absolute atomic E-state index is 0.150. The molecule has 0 bridgehead atoms. The molecule has 3 heteroatoms. The Morgan fingerprint density at radius 2 is 1.61 bits per heavy atom. The van der Waals surface area contributed by atoms with Gasteiger partial charge in [0.2, 0.25) is 0 Å². The maximum absolute atomic E-state index is 12.9. The van der Waals surface area contributed by atoms with Crippen molar-refractivity contribution >= 4 is 0 Å². The molecule has 0 radical (unpaired) electrons. The second-order valence-electron chi connectivity index (χ2n) is 5.19. The van der Waals surface area contributed by atoms with Gasteiger partial charge in [-0.1, -0.05) is 26.0 Å². The lowest BCUT2D eigenvalue weighted by Crippen LogP contribution is -2.47. The molecule has 2 nitrogen and oxygen atoms in total. The van der Waals surface area contributed by atoms with Crippen molar-refractivity contribution in [2.75, 3.05) is 39.3 Å². The Labute approximate surface area is 109 Å². The summed E-state index contributed by atoms with van der Waals surface area (Å²) < 4.78 is 12.9. The number of halogens is 1. The summed E-state index contributed by atoms with van der Waals surface area (Å²) in [5.41, 5.74) is 1.23. The van der Waals surface area contributed by atoms with Crippen molar-refractivity contribution in [1.82, 2.24) is 9.80 Å². The van der Waals surface area contributed by atoms with Gasteiger partial charge in [0, 0.05) is 32.7 Å². The molecule has 0 N–H and O–H groups in total. The average Bonchev–Trinajstić information content (AvgIpc) is 2.40. The van der Waals surface area contributed by atoms with Gasteiger partial charge in [-0.05, 0) is 30.2 Å².